The lowest BCUT2D eigenvalue weighted by Gasteiger charge is -2.28. The normalized spacial score (nSPS) is 16.3. The molecular weight excluding hydrogens is 399 g/mol. The molecule has 0 aromatic heterocycles. The number of carbonyl (C=O) groups is 1. The average Bonchev–Trinajstić information content (AvgIpc) is 2.65. The number of nitrogens with zero attached hydrogens (tertiary/aromatic N) is 1. The molecular formula is C20H23FN2O5S. The molecule has 0 saturated carbocycles. The summed E-state index contributed by atoms with van der Waals surface area (Å²) in [4.78, 5) is 13.4. The smallest absolute Gasteiger partial charge is 0.234 e. The third kappa shape index (κ3) is 5.99. The Bertz CT molecular complexity index is 979. The SMILES string of the molecule is CS(=O)(=O)c1ccc(-c2cc(F)cc(OCC(O)CN3CCNC(=O)C3)c2)cc1. The fraction of sp³-hybridized carbons (Fsp3) is 0.350. The first-order valence-electron chi connectivity index (χ1n) is 9.12. The molecule has 0 aliphatic carbocycles. The van der Waals surface area contributed by atoms with Gasteiger partial charge in [0.25, 0.3) is 0 Å². The molecule has 0 spiro atoms. The number of rotatable bonds is 7. The van der Waals surface area contributed by atoms with Crippen molar-refractivity contribution >= 4 is 15.7 Å². The summed E-state index contributed by atoms with van der Waals surface area (Å²) in [6.45, 7) is 1.65. The molecule has 1 fully saturated rings. The van der Waals surface area contributed by atoms with Crippen LogP contribution in [0.5, 0.6) is 5.75 Å². The van der Waals surface area contributed by atoms with Crippen LogP contribution in [0.4, 0.5) is 4.39 Å². The van der Waals surface area contributed by atoms with E-state index in [1.807, 2.05) is 4.90 Å². The lowest BCUT2D eigenvalue weighted by Crippen LogP contribution is -2.50. The second kappa shape index (κ2) is 8.89. The maximum atomic E-state index is 14.0. The van der Waals surface area contributed by atoms with Crippen molar-refractivity contribution in [3.05, 3.63) is 48.3 Å². The van der Waals surface area contributed by atoms with Crippen molar-refractivity contribution in [3.8, 4) is 16.9 Å². The number of carbonyl (C=O) groups excluding carboxylic acids is 1. The topological polar surface area (TPSA) is 95.9 Å². The first kappa shape index (κ1) is 21.2. The summed E-state index contributed by atoms with van der Waals surface area (Å²) >= 11 is 0. The minimum absolute atomic E-state index is 0.0476. The number of ether oxygens (including phenoxy) is 1. The summed E-state index contributed by atoms with van der Waals surface area (Å²) < 4.78 is 42.7. The van der Waals surface area contributed by atoms with Gasteiger partial charge in [0, 0.05) is 32.0 Å². The first-order chi connectivity index (χ1) is 13.7. The number of hydrogen-bond acceptors (Lipinski definition) is 6. The second-order valence-electron chi connectivity index (χ2n) is 7.02. The Labute approximate surface area is 169 Å². The van der Waals surface area contributed by atoms with Crippen LogP contribution in [-0.4, -0.2) is 69.5 Å². The monoisotopic (exact) mass is 422 g/mol. The summed E-state index contributed by atoms with van der Waals surface area (Å²) in [5.41, 5.74) is 1.17. The van der Waals surface area contributed by atoms with E-state index in [4.69, 9.17) is 4.74 Å². The van der Waals surface area contributed by atoms with Gasteiger partial charge in [-0.2, -0.15) is 0 Å². The van der Waals surface area contributed by atoms with E-state index in [9.17, 15) is 22.7 Å². The molecule has 7 nitrogen and oxygen atoms in total. The number of nitrogens with one attached hydrogen (secondary N) is 1. The van der Waals surface area contributed by atoms with Crippen molar-refractivity contribution in [1.82, 2.24) is 10.2 Å². The molecule has 9 heteroatoms. The van der Waals surface area contributed by atoms with Gasteiger partial charge in [0.05, 0.1) is 11.4 Å². The van der Waals surface area contributed by atoms with Crippen LogP contribution in [-0.2, 0) is 14.6 Å². The zero-order valence-corrected chi connectivity index (χ0v) is 16.8. The van der Waals surface area contributed by atoms with Crippen LogP contribution in [0.2, 0.25) is 0 Å². The Morgan fingerprint density at radius 1 is 1.21 bits per heavy atom. The van der Waals surface area contributed by atoms with Gasteiger partial charge in [-0.3, -0.25) is 9.69 Å². The van der Waals surface area contributed by atoms with Gasteiger partial charge in [-0.15, -0.1) is 0 Å². The number of sulfone groups is 1. The van der Waals surface area contributed by atoms with Crippen molar-refractivity contribution < 1.29 is 27.4 Å². The molecule has 3 rings (SSSR count). The van der Waals surface area contributed by atoms with Crippen molar-refractivity contribution in [2.75, 3.05) is 39.0 Å². The number of β-amino-alcohol motifs (C(OH)–C–C–N with tert-alkyl or cyclic N) is 1. The van der Waals surface area contributed by atoms with Crippen molar-refractivity contribution in [2.45, 2.75) is 11.0 Å². The number of aliphatic hydroxyl groups is 1. The van der Waals surface area contributed by atoms with Gasteiger partial charge in [-0.05, 0) is 35.4 Å². The summed E-state index contributed by atoms with van der Waals surface area (Å²) in [6, 6.07) is 10.3. The van der Waals surface area contributed by atoms with Gasteiger partial charge >= 0.3 is 0 Å². The zero-order valence-electron chi connectivity index (χ0n) is 16.0. The highest BCUT2D eigenvalue weighted by Crippen LogP contribution is 2.27. The minimum atomic E-state index is -3.31. The largest absolute Gasteiger partial charge is 0.491 e. The number of piperazine rings is 1. The standard InChI is InChI=1S/C20H23FN2O5S/c1-29(26,27)19-4-2-14(3-5-19)15-8-16(21)10-18(9-15)28-13-17(24)11-23-7-6-22-20(25)12-23/h2-5,8-10,17,24H,6-7,11-13H2,1H3,(H,22,25). The Morgan fingerprint density at radius 3 is 2.59 bits per heavy atom. The molecule has 1 heterocycles. The maximum absolute atomic E-state index is 14.0. The van der Waals surface area contributed by atoms with Crippen molar-refractivity contribution in [1.29, 1.82) is 0 Å². The Hall–Kier alpha value is -2.49. The van der Waals surface area contributed by atoms with Crippen molar-refractivity contribution in [3.63, 3.8) is 0 Å². The summed E-state index contributed by atoms with van der Waals surface area (Å²) in [5.74, 6) is -0.337. The predicted octanol–water partition coefficient (Wildman–Crippen LogP) is 1.07. The first-order valence-corrected chi connectivity index (χ1v) is 11.0. The zero-order chi connectivity index (χ0) is 21.0. The summed E-state index contributed by atoms with van der Waals surface area (Å²) in [7, 11) is -3.31. The average molecular weight is 422 g/mol. The molecule has 1 aliphatic heterocycles. The van der Waals surface area contributed by atoms with E-state index in [0.29, 0.717) is 24.2 Å². The molecule has 2 aromatic rings. The number of halogens is 1. The molecule has 1 aliphatic rings. The molecule has 1 unspecified atom stereocenters. The Morgan fingerprint density at radius 2 is 1.93 bits per heavy atom. The van der Waals surface area contributed by atoms with E-state index >= 15 is 0 Å². The fourth-order valence-electron chi connectivity index (χ4n) is 3.10. The Balaban J connectivity index is 1.65. The van der Waals surface area contributed by atoms with E-state index in [-0.39, 0.29) is 36.2 Å². The van der Waals surface area contributed by atoms with Crippen LogP contribution in [0.15, 0.2) is 47.4 Å². The highest BCUT2D eigenvalue weighted by Gasteiger charge is 2.19. The summed E-state index contributed by atoms with van der Waals surface area (Å²) in [6.07, 6.45) is 0.291. The fourth-order valence-corrected chi connectivity index (χ4v) is 3.73. The third-order valence-corrected chi connectivity index (χ3v) is 5.64. The van der Waals surface area contributed by atoms with Crippen LogP contribution in [0.1, 0.15) is 0 Å². The molecule has 29 heavy (non-hydrogen) atoms. The van der Waals surface area contributed by atoms with Crippen LogP contribution < -0.4 is 10.1 Å². The lowest BCUT2D eigenvalue weighted by molar-refractivity contribution is -0.124. The van der Waals surface area contributed by atoms with E-state index in [2.05, 4.69) is 5.32 Å². The van der Waals surface area contributed by atoms with Gasteiger partial charge in [0.2, 0.25) is 5.91 Å². The second-order valence-corrected chi connectivity index (χ2v) is 9.04. The maximum Gasteiger partial charge on any atom is 0.234 e. The number of benzene rings is 2. The van der Waals surface area contributed by atoms with Crippen LogP contribution in [0, 0.1) is 5.82 Å². The Kier molecular flexibility index (Phi) is 6.51. The number of aliphatic hydroxyl groups excluding tert-OH is 1. The van der Waals surface area contributed by atoms with Crippen LogP contribution in [0.25, 0.3) is 11.1 Å². The predicted molar refractivity (Wildman–Crippen MR) is 106 cm³/mol. The van der Waals surface area contributed by atoms with E-state index in [1.54, 1.807) is 18.2 Å². The quantitative estimate of drug-likeness (QED) is 0.693. The van der Waals surface area contributed by atoms with Gasteiger partial charge in [0.15, 0.2) is 9.84 Å². The van der Waals surface area contributed by atoms with Gasteiger partial charge in [-0.1, -0.05) is 12.1 Å². The number of hydrogen-bond donors (Lipinski definition) is 2. The lowest BCUT2D eigenvalue weighted by atomic mass is 10.1. The van der Waals surface area contributed by atoms with E-state index < -0.39 is 21.8 Å². The van der Waals surface area contributed by atoms with E-state index in [1.165, 1.54) is 24.3 Å². The minimum Gasteiger partial charge on any atom is -0.491 e. The third-order valence-electron chi connectivity index (χ3n) is 4.52. The molecule has 2 N–H and O–H groups in total. The highest BCUT2D eigenvalue weighted by atomic mass is 32.2. The molecule has 0 bridgehead atoms. The van der Waals surface area contributed by atoms with Crippen LogP contribution >= 0.6 is 0 Å². The molecule has 156 valence electrons. The molecule has 1 amide bonds. The van der Waals surface area contributed by atoms with Gasteiger partial charge in [0.1, 0.15) is 24.3 Å². The van der Waals surface area contributed by atoms with Crippen molar-refractivity contribution in [2.24, 2.45) is 0 Å². The summed E-state index contributed by atoms with van der Waals surface area (Å²) in [5, 5.41) is 12.9. The molecule has 1 saturated heterocycles. The van der Waals surface area contributed by atoms with E-state index in [0.717, 1.165) is 6.26 Å². The molecule has 1 atom stereocenters. The highest BCUT2D eigenvalue weighted by molar-refractivity contribution is 7.90. The van der Waals surface area contributed by atoms with Crippen LogP contribution in [0.3, 0.4) is 0 Å². The van der Waals surface area contributed by atoms with Gasteiger partial charge < -0.3 is 15.2 Å². The molecule has 0 radical (unpaired) electrons. The molecule has 2 aromatic carbocycles. The van der Waals surface area contributed by atoms with Gasteiger partial charge in [-0.25, -0.2) is 12.8 Å². The number of amides is 1.